The molecule has 12 rings (SSSR count). The zero-order chi connectivity index (χ0) is 33.9. The minimum absolute atomic E-state index is 0.661. The fourth-order valence-electron chi connectivity index (χ4n) is 8.45. The van der Waals surface area contributed by atoms with Crippen molar-refractivity contribution in [3.63, 3.8) is 0 Å². The van der Waals surface area contributed by atoms with Gasteiger partial charge in [0.15, 0.2) is 0 Å². The minimum Gasteiger partial charge on any atom is -0.456 e. The molecule has 0 amide bonds. The second-order valence-electron chi connectivity index (χ2n) is 13.6. The molecule has 0 radical (unpaired) electrons. The van der Waals surface area contributed by atoms with E-state index in [1.54, 1.807) is 6.20 Å². The van der Waals surface area contributed by atoms with Crippen molar-refractivity contribution in [1.82, 2.24) is 14.1 Å². The van der Waals surface area contributed by atoms with Gasteiger partial charge in [0.05, 0.1) is 22.1 Å². The molecule has 5 nitrogen and oxygen atoms in total. The fraction of sp³-hybridized carbons (Fsp3) is 0. The highest BCUT2D eigenvalue weighted by Crippen LogP contribution is 2.40. The quantitative estimate of drug-likeness (QED) is 0.189. The summed E-state index contributed by atoms with van der Waals surface area (Å²) in [5.41, 5.74) is 12.5. The van der Waals surface area contributed by atoms with Crippen LogP contribution in [0.1, 0.15) is 0 Å². The molecule has 12 aromatic rings. The summed E-state index contributed by atoms with van der Waals surface area (Å²) in [5.74, 6) is 0. The van der Waals surface area contributed by atoms with Crippen LogP contribution >= 0.6 is 0 Å². The van der Waals surface area contributed by atoms with Crippen molar-refractivity contribution >= 4 is 87.6 Å². The SMILES string of the molecule is c1ccc2c(c1)oc1cc(-n3c4ccccc4c4cc(-c5ccc6c(c5)c5ccccc5n6-c5ccc6oc7ncccc7c6c5)ccc43)ccc12. The Bertz CT molecular complexity index is 3430. The number of fused-ring (bicyclic) bond motifs is 12. The van der Waals surface area contributed by atoms with Gasteiger partial charge in [-0.2, -0.15) is 0 Å². The summed E-state index contributed by atoms with van der Waals surface area (Å²) in [6.07, 6.45) is 1.77. The van der Waals surface area contributed by atoms with Crippen molar-refractivity contribution in [1.29, 1.82) is 0 Å². The summed E-state index contributed by atoms with van der Waals surface area (Å²) < 4.78 is 17.1. The summed E-state index contributed by atoms with van der Waals surface area (Å²) in [5, 5.41) is 9.23. The third-order valence-electron chi connectivity index (χ3n) is 10.8. The van der Waals surface area contributed by atoms with Crippen LogP contribution in [-0.4, -0.2) is 14.1 Å². The molecule has 0 saturated heterocycles. The highest BCUT2D eigenvalue weighted by Gasteiger charge is 2.18. The van der Waals surface area contributed by atoms with Crippen LogP contribution in [0.15, 0.2) is 173 Å². The molecule has 5 heteroatoms. The van der Waals surface area contributed by atoms with Crippen molar-refractivity contribution in [2.45, 2.75) is 0 Å². The third-order valence-corrected chi connectivity index (χ3v) is 10.8. The van der Waals surface area contributed by atoms with E-state index in [1.165, 1.54) is 43.7 Å². The molecule has 0 aliphatic carbocycles. The number of pyridine rings is 1. The van der Waals surface area contributed by atoms with Crippen LogP contribution in [-0.2, 0) is 0 Å². The molecule has 5 aromatic heterocycles. The fourth-order valence-corrected chi connectivity index (χ4v) is 8.45. The first-order chi connectivity index (χ1) is 25.8. The molecule has 0 saturated carbocycles. The van der Waals surface area contributed by atoms with E-state index in [9.17, 15) is 0 Å². The molecule has 0 fully saturated rings. The average Bonchev–Trinajstić information content (AvgIpc) is 3.94. The summed E-state index contributed by atoms with van der Waals surface area (Å²) in [4.78, 5) is 4.44. The first-order valence-corrected chi connectivity index (χ1v) is 17.5. The topological polar surface area (TPSA) is 49.0 Å². The lowest BCUT2D eigenvalue weighted by Crippen LogP contribution is -1.93. The van der Waals surface area contributed by atoms with Crippen LogP contribution in [0.4, 0.5) is 0 Å². The molecule has 52 heavy (non-hydrogen) atoms. The minimum atomic E-state index is 0.661. The highest BCUT2D eigenvalue weighted by atomic mass is 16.3. The smallest absolute Gasteiger partial charge is 0.227 e. The zero-order valence-electron chi connectivity index (χ0n) is 27.7. The molecule has 0 aliphatic heterocycles. The van der Waals surface area contributed by atoms with E-state index in [1.807, 2.05) is 18.2 Å². The second kappa shape index (κ2) is 10.2. The molecule has 0 spiro atoms. The van der Waals surface area contributed by atoms with Crippen LogP contribution in [0.2, 0.25) is 0 Å². The molecular weight excluding hydrogens is 639 g/mol. The summed E-state index contributed by atoms with van der Waals surface area (Å²) in [7, 11) is 0. The molecule has 242 valence electrons. The number of rotatable bonds is 3. The van der Waals surface area contributed by atoms with Gasteiger partial charge in [0.25, 0.3) is 0 Å². The first kappa shape index (κ1) is 27.7. The highest BCUT2D eigenvalue weighted by molar-refractivity contribution is 6.14. The molecule has 0 aliphatic rings. The Labute approximate surface area is 296 Å². The summed E-state index contributed by atoms with van der Waals surface area (Å²) in [6, 6.07) is 56.3. The number of furan rings is 2. The Morgan fingerprint density at radius 3 is 1.63 bits per heavy atom. The van der Waals surface area contributed by atoms with E-state index in [2.05, 4.69) is 154 Å². The van der Waals surface area contributed by atoms with Gasteiger partial charge in [-0.15, -0.1) is 0 Å². The molecule has 0 N–H and O–H groups in total. The number of hydrogen-bond acceptors (Lipinski definition) is 3. The zero-order valence-corrected chi connectivity index (χ0v) is 27.7. The van der Waals surface area contributed by atoms with Gasteiger partial charge >= 0.3 is 0 Å². The van der Waals surface area contributed by atoms with Gasteiger partial charge < -0.3 is 18.0 Å². The molecular formula is C47H27N3O2. The predicted octanol–water partition coefficient (Wildman–Crippen LogP) is 12.7. The predicted molar refractivity (Wildman–Crippen MR) is 213 cm³/mol. The summed E-state index contributed by atoms with van der Waals surface area (Å²) in [6.45, 7) is 0. The van der Waals surface area contributed by atoms with E-state index >= 15 is 0 Å². The van der Waals surface area contributed by atoms with E-state index in [-0.39, 0.29) is 0 Å². The van der Waals surface area contributed by atoms with E-state index in [0.717, 1.165) is 60.7 Å². The van der Waals surface area contributed by atoms with Crippen molar-refractivity contribution in [3.05, 3.63) is 164 Å². The monoisotopic (exact) mass is 665 g/mol. The lowest BCUT2D eigenvalue weighted by atomic mass is 10.0. The Morgan fingerprint density at radius 1 is 0.346 bits per heavy atom. The maximum Gasteiger partial charge on any atom is 0.227 e. The molecule has 0 bridgehead atoms. The van der Waals surface area contributed by atoms with Gasteiger partial charge in [0, 0.05) is 66.7 Å². The molecule has 0 unspecified atom stereocenters. The molecule has 0 atom stereocenters. The van der Waals surface area contributed by atoms with Crippen LogP contribution in [0.5, 0.6) is 0 Å². The van der Waals surface area contributed by atoms with Gasteiger partial charge in [0.1, 0.15) is 16.7 Å². The van der Waals surface area contributed by atoms with Crippen LogP contribution < -0.4 is 0 Å². The van der Waals surface area contributed by atoms with E-state index in [0.29, 0.717) is 5.71 Å². The number of benzene rings is 7. The molecule has 7 aromatic carbocycles. The Hall–Kier alpha value is -7.11. The van der Waals surface area contributed by atoms with Gasteiger partial charge in [-0.25, -0.2) is 4.98 Å². The average molecular weight is 666 g/mol. The van der Waals surface area contributed by atoms with Gasteiger partial charge in [-0.3, -0.25) is 0 Å². The standard InChI is InChI=1S/C47H27N3O2/c1-4-12-40-32(8-1)37-24-28(15-20-42(37)49(40)30-18-22-45-39(26-30)36-11-7-23-48-47(36)52-45)29-16-21-43-38(25-29)33-9-2-5-13-41(33)50(43)31-17-19-35-34-10-3-6-14-44(34)51-46(35)27-31/h1-27H. The maximum absolute atomic E-state index is 6.30. The van der Waals surface area contributed by atoms with Gasteiger partial charge in [0.2, 0.25) is 5.71 Å². The third kappa shape index (κ3) is 3.79. The first-order valence-electron chi connectivity index (χ1n) is 17.5. The normalized spacial score (nSPS) is 12.2. The van der Waals surface area contributed by atoms with E-state index < -0.39 is 0 Å². The molecule has 5 heterocycles. The van der Waals surface area contributed by atoms with Crippen LogP contribution in [0.25, 0.3) is 110 Å². The van der Waals surface area contributed by atoms with Gasteiger partial charge in [-0.05, 0) is 96.1 Å². The number of nitrogens with zero attached hydrogens (tertiary/aromatic N) is 3. The van der Waals surface area contributed by atoms with Gasteiger partial charge in [-0.1, -0.05) is 66.7 Å². The van der Waals surface area contributed by atoms with Crippen LogP contribution in [0.3, 0.4) is 0 Å². The number of aromatic nitrogens is 3. The van der Waals surface area contributed by atoms with Crippen molar-refractivity contribution < 1.29 is 8.83 Å². The lowest BCUT2D eigenvalue weighted by Gasteiger charge is -2.10. The second-order valence-corrected chi connectivity index (χ2v) is 13.6. The van der Waals surface area contributed by atoms with Crippen molar-refractivity contribution in [3.8, 4) is 22.5 Å². The number of para-hydroxylation sites is 3. The van der Waals surface area contributed by atoms with E-state index in [4.69, 9.17) is 8.83 Å². The Morgan fingerprint density at radius 2 is 0.904 bits per heavy atom. The van der Waals surface area contributed by atoms with Crippen LogP contribution in [0, 0.1) is 0 Å². The number of hydrogen-bond donors (Lipinski definition) is 0. The maximum atomic E-state index is 6.30. The Balaban J connectivity index is 1.03. The Kier molecular flexibility index (Phi) is 5.44. The lowest BCUT2D eigenvalue weighted by molar-refractivity contribution is 0.654. The largest absolute Gasteiger partial charge is 0.456 e. The van der Waals surface area contributed by atoms with Crippen molar-refractivity contribution in [2.75, 3.05) is 0 Å². The summed E-state index contributed by atoms with van der Waals surface area (Å²) >= 11 is 0. The van der Waals surface area contributed by atoms with Crippen molar-refractivity contribution in [2.24, 2.45) is 0 Å².